The topological polar surface area (TPSA) is 105 Å². The van der Waals surface area contributed by atoms with Crippen molar-refractivity contribution >= 4 is 26.9 Å². The fourth-order valence-corrected chi connectivity index (χ4v) is 4.38. The van der Waals surface area contributed by atoms with Crippen molar-refractivity contribution in [2.24, 2.45) is 0 Å². The van der Waals surface area contributed by atoms with Gasteiger partial charge in [0.1, 0.15) is 5.52 Å². The van der Waals surface area contributed by atoms with Crippen molar-refractivity contribution in [1.29, 1.82) is 0 Å². The van der Waals surface area contributed by atoms with E-state index in [1.54, 1.807) is 50.5 Å². The van der Waals surface area contributed by atoms with Gasteiger partial charge in [-0.25, -0.2) is 18.4 Å². The summed E-state index contributed by atoms with van der Waals surface area (Å²) < 4.78 is 24.6. The van der Waals surface area contributed by atoms with Gasteiger partial charge < -0.3 is 10.3 Å². The number of H-pyrrole nitrogens is 1. The molecule has 7 nitrogen and oxygen atoms in total. The number of carbonyl (C=O) groups is 1. The molecule has 0 saturated heterocycles. The summed E-state index contributed by atoms with van der Waals surface area (Å²) in [4.78, 5) is 25.0. The number of carbonyl (C=O) groups excluding carboxylic acids is 1. The van der Waals surface area contributed by atoms with Crippen molar-refractivity contribution in [3.8, 4) is 11.3 Å². The fraction of sp³-hybridized carbons (Fsp3) is 0.381. The van der Waals surface area contributed by atoms with E-state index in [0.717, 1.165) is 24.8 Å². The van der Waals surface area contributed by atoms with E-state index in [0.29, 0.717) is 22.4 Å². The Kier molecular flexibility index (Phi) is 4.69. The minimum absolute atomic E-state index is 0.0799. The van der Waals surface area contributed by atoms with Crippen LogP contribution in [0.1, 0.15) is 50.4 Å². The summed E-state index contributed by atoms with van der Waals surface area (Å²) >= 11 is 0. The Morgan fingerprint density at radius 1 is 1.24 bits per heavy atom. The van der Waals surface area contributed by atoms with E-state index in [4.69, 9.17) is 0 Å². The van der Waals surface area contributed by atoms with Gasteiger partial charge in [-0.2, -0.15) is 0 Å². The Morgan fingerprint density at radius 3 is 2.52 bits per heavy atom. The molecule has 0 radical (unpaired) electrons. The summed E-state index contributed by atoms with van der Waals surface area (Å²) in [5, 5.41) is 2.63. The average Bonchev–Trinajstić information content (AvgIpc) is 3.35. The average molecular weight is 413 g/mol. The molecule has 1 aliphatic rings. The number of rotatable bonds is 6. The first-order chi connectivity index (χ1) is 13.8. The maximum atomic E-state index is 12.7. The molecule has 152 valence electrons. The molecule has 1 amide bonds. The fourth-order valence-electron chi connectivity index (χ4n) is 3.32. The maximum Gasteiger partial charge on any atom is 0.255 e. The Morgan fingerprint density at radius 2 is 1.93 bits per heavy atom. The van der Waals surface area contributed by atoms with Crippen LogP contribution in [0.25, 0.3) is 22.4 Å². The van der Waals surface area contributed by atoms with E-state index in [2.05, 4.69) is 27.2 Å². The lowest BCUT2D eigenvalue weighted by atomic mass is 10.1. The Bertz CT molecular complexity index is 1180. The highest BCUT2D eigenvalue weighted by Gasteiger charge is 2.42. The van der Waals surface area contributed by atoms with Gasteiger partial charge >= 0.3 is 0 Å². The Labute approximate surface area is 169 Å². The van der Waals surface area contributed by atoms with Gasteiger partial charge in [-0.3, -0.25) is 4.79 Å². The van der Waals surface area contributed by atoms with Crippen LogP contribution in [0, 0.1) is 0 Å². The summed E-state index contributed by atoms with van der Waals surface area (Å²) in [6.07, 6.45) is 6.15. The minimum atomic E-state index is -3.33. The van der Waals surface area contributed by atoms with Crippen LogP contribution in [-0.4, -0.2) is 40.1 Å². The molecule has 3 aromatic rings. The number of benzene rings is 1. The molecule has 8 heteroatoms. The first kappa shape index (κ1) is 19.6. The van der Waals surface area contributed by atoms with Crippen LogP contribution in [0.15, 0.2) is 41.6 Å². The molecule has 1 aromatic carbocycles. The van der Waals surface area contributed by atoms with Crippen molar-refractivity contribution in [3.63, 3.8) is 0 Å². The maximum absolute atomic E-state index is 12.7. The number of sulfone groups is 1. The van der Waals surface area contributed by atoms with E-state index >= 15 is 0 Å². The molecule has 0 bridgehead atoms. The van der Waals surface area contributed by atoms with Crippen LogP contribution in [0.4, 0.5) is 0 Å². The zero-order valence-corrected chi connectivity index (χ0v) is 17.5. The number of fused-ring (bicyclic) bond motifs is 1. The number of nitrogens with zero attached hydrogens (tertiary/aromatic N) is 2. The minimum Gasteiger partial charge on any atom is -0.346 e. The van der Waals surface area contributed by atoms with E-state index in [1.165, 1.54) is 0 Å². The molecule has 1 aliphatic carbocycles. The summed E-state index contributed by atoms with van der Waals surface area (Å²) in [6.45, 7) is 5.39. The molecule has 2 heterocycles. The quantitative estimate of drug-likeness (QED) is 0.645. The van der Waals surface area contributed by atoms with Gasteiger partial charge in [0, 0.05) is 17.3 Å². The third-order valence-corrected chi connectivity index (χ3v) is 7.80. The van der Waals surface area contributed by atoms with Crippen LogP contribution < -0.4 is 5.32 Å². The molecule has 2 N–H and O–H groups in total. The molecular formula is C21H24N4O3S. The molecule has 4 rings (SSSR count). The van der Waals surface area contributed by atoms with E-state index in [9.17, 15) is 13.2 Å². The van der Waals surface area contributed by atoms with Crippen molar-refractivity contribution < 1.29 is 13.2 Å². The van der Waals surface area contributed by atoms with Crippen molar-refractivity contribution in [2.45, 2.75) is 55.7 Å². The lowest BCUT2D eigenvalue weighted by molar-refractivity contribution is 0.0932. The van der Waals surface area contributed by atoms with Gasteiger partial charge in [0.25, 0.3) is 5.91 Å². The number of amides is 1. The van der Waals surface area contributed by atoms with Crippen LogP contribution >= 0.6 is 0 Å². The first-order valence-electron chi connectivity index (χ1n) is 9.77. The standard InChI is InChI=1S/C21H24N4O3S/c1-4-21(9-10-21)25-20(26)16-11-22-19-18(16)24-17(12-23-19)14-5-7-15(8-6-14)29(27,28)13(2)3/h5-8,11-13H,4,9-10H2,1-3H3,(H,22,23)(H,25,26). The summed E-state index contributed by atoms with van der Waals surface area (Å²) in [6, 6.07) is 6.60. The molecular weight excluding hydrogens is 388 g/mol. The lowest BCUT2D eigenvalue weighted by Crippen LogP contribution is -2.36. The van der Waals surface area contributed by atoms with E-state index in [1.807, 2.05) is 0 Å². The van der Waals surface area contributed by atoms with Crippen molar-refractivity contribution in [2.75, 3.05) is 0 Å². The van der Waals surface area contributed by atoms with Gasteiger partial charge in [-0.15, -0.1) is 0 Å². The smallest absolute Gasteiger partial charge is 0.255 e. The van der Waals surface area contributed by atoms with Crippen LogP contribution in [0.2, 0.25) is 0 Å². The second kappa shape index (κ2) is 6.95. The lowest BCUT2D eigenvalue weighted by Gasteiger charge is -2.14. The van der Waals surface area contributed by atoms with Crippen LogP contribution in [0.5, 0.6) is 0 Å². The second-order valence-electron chi connectivity index (χ2n) is 7.86. The summed E-state index contributed by atoms with van der Waals surface area (Å²) in [5.74, 6) is -0.152. The number of aromatic amines is 1. The van der Waals surface area contributed by atoms with E-state index in [-0.39, 0.29) is 16.3 Å². The third-order valence-electron chi connectivity index (χ3n) is 5.63. The van der Waals surface area contributed by atoms with Crippen LogP contribution in [0.3, 0.4) is 0 Å². The highest BCUT2D eigenvalue weighted by atomic mass is 32.2. The molecule has 1 fully saturated rings. The van der Waals surface area contributed by atoms with Crippen molar-refractivity contribution in [3.05, 3.63) is 42.2 Å². The van der Waals surface area contributed by atoms with Crippen molar-refractivity contribution in [1.82, 2.24) is 20.3 Å². The van der Waals surface area contributed by atoms with Gasteiger partial charge in [0.15, 0.2) is 15.5 Å². The zero-order valence-electron chi connectivity index (χ0n) is 16.7. The van der Waals surface area contributed by atoms with Gasteiger partial charge in [0.05, 0.1) is 27.6 Å². The van der Waals surface area contributed by atoms with Gasteiger partial charge in [-0.05, 0) is 45.2 Å². The van der Waals surface area contributed by atoms with Crippen LogP contribution in [-0.2, 0) is 9.84 Å². The monoisotopic (exact) mass is 412 g/mol. The molecule has 0 atom stereocenters. The highest BCUT2D eigenvalue weighted by molar-refractivity contribution is 7.92. The van der Waals surface area contributed by atoms with Gasteiger partial charge in [0.2, 0.25) is 0 Å². The molecule has 0 unspecified atom stereocenters. The normalized spacial score (nSPS) is 15.6. The van der Waals surface area contributed by atoms with E-state index < -0.39 is 15.1 Å². The SMILES string of the molecule is CCC1(NC(=O)c2c[nH]c3ncc(-c4ccc(S(=O)(=O)C(C)C)cc4)nc23)CC1. The molecule has 0 spiro atoms. The summed E-state index contributed by atoms with van der Waals surface area (Å²) in [5.41, 5.74) is 2.75. The zero-order chi connectivity index (χ0) is 20.8. The predicted molar refractivity (Wildman–Crippen MR) is 111 cm³/mol. The van der Waals surface area contributed by atoms with Gasteiger partial charge in [-0.1, -0.05) is 19.1 Å². The first-order valence-corrected chi connectivity index (χ1v) is 11.3. The number of aromatic nitrogens is 3. The number of hydrogen-bond acceptors (Lipinski definition) is 5. The molecule has 2 aromatic heterocycles. The number of hydrogen-bond donors (Lipinski definition) is 2. The second-order valence-corrected chi connectivity index (χ2v) is 10.4. The number of nitrogens with one attached hydrogen (secondary N) is 2. The predicted octanol–water partition coefficient (Wildman–Crippen LogP) is 3.48. The third kappa shape index (κ3) is 3.53. The highest BCUT2D eigenvalue weighted by Crippen LogP contribution is 2.38. The molecule has 29 heavy (non-hydrogen) atoms. The Balaban J connectivity index is 1.66. The molecule has 0 aliphatic heterocycles. The summed E-state index contributed by atoms with van der Waals surface area (Å²) in [7, 11) is -3.33. The Hall–Kier alpha value is -2.74. The molecule has 1 saturated carbocycles. The largest absolute Gasteiger partial charge is 0.346 e.